The quantitative estimate of drug-likeness (QED) is 0.824. The van der Waals surface area contributed by atoms with E-state index >= 15 is 0 Å². The van der Waals surface area contributed by atoms with Gasteiger partial charge in [0.05, 0.1) is 17.8 Å². The predicted molar refractivity (Wildman–Crippen MR) is 57.4 cm³/mol. The largest absolute Gasteiger partial charge is 0.381 e. The highest BCUT2D eigenvalue weighted by molar-refractivity contribution is 7.07. The molecule has 0 bridgehead atoms. The van der Waals surface area contributed by atoms with Gasteiger partial charge < -0.3 is 10.1 Å². The number of hydrogen-bond acceptors (Lipinski definition) is 4. The normalized spacial score (nSPS) is 22.4. The molecule has 1 fully saturated rings. The molecule has 1 aromatic heterocycles. The van der Waals surface area contributed by atoms with E-state index in [9.17, 15) is 0 Å². The van der Waals surface area contributed by atoms with Crippen LogP contribution < -0.4 is 5.32 Å². The molecule has 0 aromatic carbocycles. The van der Waals surface area contributed by atoms with Crippen molar-refractivity contribution in [3.63, 3.8) is 0 Å². The molecular formula is C10H16N2OS. The van der Waals surface area contributed by atoms with Crippen LogP contribution in [0.15, 0.2) is 10.9 Å². The Morgan fingerprint density at radius 3 is 3.36 bits per heavy atom. The van der Waals surface area contributed by atoms with Gasteiger partial charge in [0, 0.05) is 25.1 Å². The lowest BCUT2D eigenvalue weighted by molar-refractivity contribution is 0.0547. The first-order valence-corrected chi connectivity index (χ1v) is 6.05. The zero-order chi connectivity index (χ0) is 9.64. The molecule has 3 nitrogen and oxygen atoms in total. The standard InChI is InChI=1S/C10H16N2OS/c1-2-9(6-13-3-1)4-11-5-10-7-14-8-12-10/h7-9,11H,1-6H2. The Morgan fingerprint density at radius 2 is 2.64 bits per heavy atom. The highest BCUT2D eigenvalue weighted by Crippen LogP contribution is 2.12. The average molecular weight is 212 g/mol. The number of ether oxygens (including phenoxy) is 1. The van der Waals surface area contributed by atoms with Crippen LogP contribution in [0.1, 0.15) is 18.5 Å². The monoisotopic (exact) mass is 212 g/mol. The molecule has 1 saturated heterocycles. The minimum absolute atomic E-state index is 0.697. The Bertz CT molecular complexity index is 245. The first-order valence-electron chi connectivity index (χ1n) is 5.10. The molecule has 1 atom stereocenters. The van der Waals surface area contributed by atoms with Gasteiger partial charge in [0.2, 0.25) is 0 Å². The van der Waals surface area contributed by atoms with Crippen molar-refractivity contribution in [3.05, 3.63) is 16.6 Å². The van der Waals surface area contributed by atoms with Crippen LogP contribution in [-0.2, 0) is 11.3 Å². The molecule has 0 aliphatic carbocycles. The molecule has 14 heavy (non-hydrogen) atoms. The van der Waals surface area contributed by atoms with E-state index in [1.807, 2.05) is 5.51 Å². The van der Waals surface area contributed by atoms with Crippen LogP contribution in [0.25, 0.3) is 0 Å². The third kappa shape index (κ3) is 3.04. The van der Waals surface area contributed by atoms with Crippen molar-refractivity contribution in [3.8, 4) is 0 Å². The molecule has 1 N–H and O–H groups in total. The molecule has 1 unspecified atom stereocenters. The average Bonchev–Trinajstić information content (AvgIpc) is 2.72. The van der Waals surface area contributed by atoms with Crippen LogP contribution in [0.5, 0.6) is 0 Å². The highest BCUT2D eigenvalue weighted by Gasteiger charge is 2.12. The van der Waals surface area contributed by atoms with Crippen LogP contribution in [0, 0.1) is 5.92 Å². The second-order valence-electron chi connectivity index (χ2n) is 3.69. The number of nitrogens with one attached hydrogen (secondary N) is 1. The van der Waals surface area contributed by atoms with E-state index in [4.69, 9.17) is 4.74 Å². The summed E-state index contributed by atoms with van der Waals surface area (Å²) in [6.45, 7) is 3.81. The summed E-state index contributed by atoms with van der Waals surface area (Å²) in [6.07, 6.45) is 2.51. The molecule has 78 valence electrons. The number of aromatic nitrogens is 1. The molecule has 1 aliphatic rings. The highest BCUT2D eigenvalue weighted by atomic mass is 32.1. The van der Waals surface area contributed by atoms with Crippen molar-refractivity contribution in [1.29, 1.82) is 0 Å². The molecule has 1 aromatic rings. The number of hydrogen-bond donors (Lipinski definition) is 1. The molecule has 2 rings (SSSR count). The van der Waals surface area contributed by atoms with Gasteiger partial charge in [-0.25, -0.2) is 4.98 Å². The van der Waals surface area contributed by atoms with Crippen LogP contribution >= 0.6 is 11.3 Å². The second kappa shape index (κ2) is 5.44. The zero-order valence-corrected chi connectivity index (χ0v) is 9.05. The van der Waals surface area contributed by atoms with Crippen molar-refractivity contribution in [2.75, 3.05) is 19.8 Å². The van der Waals surface area contributed by atoms with Crippen molar-refractivity contribution in [1.82, 2.24) is 10.3 Å². The molecule has 0 amide bonds. The smallest absolute Gasteiger partial charge is 0.0795 e. The molecule has 0 spiro atoms. The first-order chi connectivity index (χ1) is 6.95. The Hall–Kier alpha value is -0.450. The van der Waals surface area contributed by atoms with Crippen molar-refractivity contribution < 1.29 is 4.74 Å². The van der Waals surface area contributed by atoms with E-state index in [-0.39, 0.29) is 0 Å². The van der Waals surface area contributed by atoms with E-state index in [2.05, 4.69) is 15.7 Å². The fourth-order valence-electron chi connectivity index (χ4n) is 1.70. The minimum atomic E-state index is 0.697. The van der Waals surface area contributed by atoms with Crippen LogP contribution in [-0.4, -0.2) is 24.7 Å². The van der Waals surface area contributed by atoms with Gasteiger partial charge in [-0.1, -0.05) is 0 Å². The minimum Gasteiger partial charge on any atom is -0.381 e. The lowest BCUT2D eigenvalue weighted by Gasteiger charge is -2.21. The summed E-state index contributed by atoms with van der Waals surface area (Å²) in [6, 6.07) is 0. The molecular weight excluding hydrogens is 196 g/mol. The third-order valence-electron chi connectivity index (χ3n) is 2.48. The summed E-state index contributed by atoms with van der Waals surface area (Å²) in [5, 5.41) is 5.51. The van der Waals surface area contributed by atoms with Gasteiger partial charge >= 0.3 is 0 Å². The number of nitrogens with zero attached hydrogens (tertiary/aromatic N) is 1. The first kappa shape index (κ1) is 10.1. The maximum atomic E-state index is 5.42. The fourth-order valence-corrected chi connectivity index (χ4v) is 2.26. The summed E-state index contributed by atoms with van der Waals surface area (Å²) in [4.78, 5) is 4.22. The van der Waals surface area contributed by atoms with Crippen LogP contribution in [0.2, 0.25) is 0 Å². The van der Waals surface area contributed by atoms with Crippen LogP contribution in [0.3, 0.4) is 0 Å². The lowest BCUT2D eigenvalue weighted by Crippen LogP contribution is -2.28. The predicted octanol–water partition coefficient (Wildman–Crippen LogP) is 1.66. The summed E-state index contributed by atoms with van der Waals surface area (Å²) in [7, 11) is 0. The van der Waals surface area contributed by atoms with Gasteiger partial charge in [-0.3, -0.25) is 0 Å². The van der Waals surface area contributed by atoms with Gasteiger partial charge in [0.1, 0.15) is 0 Å². The second-order valence-corrected chi connectivity index (χ2v) is 4.41. The number of rotatable bonds is 4. The third-order valence-corrected chi connectivity index (χ3v) is 3.11. The molecule has 4 heteroatoms. The van der Waals surface area contributed by atoms with Crippen molar-refractivity contribution >= 4 is 11.3 Å². The van der Waals surface area contributed by atoms with Gasteiger partial charge in [-0.2, -0.15) is 0 Å². The molecule has 0 saturated carbocycles. The Labute approximate surface area is 88.5 Å². The van der Waals surface area contributed by atoms with Gasteiger partial charge in [0.15, 0.2) is 0 Å². The molecule has 2 heterocycles. The van der Waals surface area contributed by atoms with Crippen molar-refractivity contribution in [2.45, 2.75) is 19.4 Å². The van der Waals surface area contributed by atoms with E-state index in [1.54, 1.807) is 11.3 Å². The maximum Gasteiger partial charge on any atom is 0.0795 e. The van der Waals surface area contributed by atoms with E-state index in [0.29, 0.717) is 5.92 Å². The summed E-state index contributed by atoms with van der Waals surface area (Å²) in [5.74, 6) is 0.697. The summed E-state index contributed by atoms with van der Waals surface area (Å²) in [5.41, 5.74) is 3.02. The summed E-state index contributed by atoms with van der Waals surface area (Å²) >= 11 is 1.65. The zero-order valence-electron chi connectivity index (χ0n) is 8.24. The Kier molecular flexibility index (Phi) is 3.91. The van der Waals surface area contributed by atoms with Crippen LogP contribution in [0.4, 0.5) is 0 Å². The van der Waals surface area contributed by atoms with E-state index in [1.165, 1.54) is 12.8 Å². The SMILES string of the molecule is c1nc(CNCC2CCCOC2)cs1. The topological polar surface area (TPSA) is 34.2 Å². The maximum absolute atomic E-state index is 5.42. The Balaban J connectivity index is 1.62. The summed E-state index contributed by atoms with van der Waals surface area (Å²) < 4.78 is 5.42. The lowest BCUT2D eigenvalue weighted by atomic mass is 10.0. The van der Waals surface area contributed by atoms with E-state index < -0.39 is 0 Å². The van der Waals surface area contributed by atoms with Crippen molar-refractivity contribution in [2.24, 2.45) is 5.92 Å². The van der Waals surface area contributed by atoms with Gasteiger partial charge in [-0.15, -0.1) is 11.3 Å². The number of thiazole rings is 1. The fraction of sp³-hybridized carbons (Fsp3) is 0.700. The van der Waals surface area contributed by atoms with Gasteiger partial charge in [0.25, 0.3) is 0 Å². The Morgan fingerprint density at radius 1 is 1.64 bits per heavy atom. The molecule has 0 radical (unpaired) electrons. The van der Waals surface area contributed by atoms with E-state index in [0.717, 1.165) is 32.0 Å². The molecule has 1 aliphatic heterocycles. The van der Waals surface area contributed by atoms with Gasteiger partial charge in [-0.05, 0) is 18.8 Å².